The van der Waals surface area contributed by atoms with Gasteiger partial charge in [-0.1, -0.05) is 58.2 Å². The van der Waals surface area contributed by atoms with Crippen molar-refractivity contribution in [3.8, 4) is 5.75 Å². The lowest BCUT2D eigenvalue weighted by molar-refractivity contribution is 0.475. The molecule has 0 aliphatic carbocycles. The van der Waals surface area contributed by atoms with E-state index in [1.54, 1.807) is 24.3 Å². The number of hydrogen-bond acceptors (Lipinski definition) is 2. The van der Waals surface area contributed by atoms with Crippen LogP contribution in [0.2, 0.25) is 10.0 Å². The van der Waals surface area contributed by atoms with Gasteiger partial charge in [0.2, 0.25) is 0 Å². The maximum atomic E-state index is 9.35. The summed E-state index contributed by atoms with van der Waals surface area (Å²) in [6.07, 6.45) is 0.869. The fourth-order valence-electron chi connectivity index (χ4n) is 1.98. The van der Waals surface area contributed by atoms with Crippen LogP contribution in [-0.2, 0) is 0 Å². The lowest BCUT2D eigenvalue weighted by Gasteiger charge is -2.21. The summed E-state index contributed by atoms with van der Waals surface area (Å²) < 4.78 is 0.843. The molecule has 0 aliphatic heterocycles. The van der Waals surface area contributed by atoms with Gasteiger partial charge in [-0.15, -0.1) is 0 Å². The Labute approximate surface area is 136 Å². The molecule has 20 heavy (non-hydrogen) atoms. The predicted octanol–water partition coefficient (Wildman–Crippen LogP) is 6.02. The summed E-state index contributed by atoms with van der Waals surface area (Å²) in [5.74, 6) is 0.253. The van der Waals surface area contributed by atoms with Crippen molar-refractivity contribution >= 4 is 44.8 Å². The highest BCUT2D eigenvalue weighted by atomic mass is 79.9. The topological polar surface area (TPSA) is 32.3 Å². The van der Waals surface area contributed by atoms with Crippen molar-refractivity contribution in [3.63, 3.8) is 0 Å². The zero-order valence-corrected chi connectivity index (χ0v) is 13.9. The minimum absolute atomic E-state index is 0.0757. The van der Waals surface area contributed by atoms with Crippen molar-refractivity contribution in [1.29, 1.82) is 0 Å². The molecular weight excluding hydrogens is 361 g/mol. The first-order valence-corrected chi connectivity index (χ1v) is 7.76. The summed E-state index contributed by atoms with van der Waals surface area (Å²) >= 11 is 15.8. The number of hydrogen-bond donors (Lipinski definition) is 2. The molecule has 0 aromatic heterocycles. The number of rotatable bonds is 4. The van der Waals surface area contributed by atoms with Gasteiger partial charge in [0.1, 0.15) is 5.75 Å². The summed E-state index contributed by atoms with van der Waals surface area (Å²) in [5.41, 5.74) is 1.79. The van der Waals surface area contributed by atoms with Crippen molar-refractivity contribution in [2.45, 2.75) is 19.4 Å². The summed E-state index contributed by atoms with van der Waals surface area (Å²) in [6, 6.07) is 10.8. The van der Waals surface area contributed by atoms with Crippen LogP contribution >= 0.6 is 39.1 Å². The number of phenolic OH excluding ortho intramolecular Hbond substituents is 1. The van der Waals surface area contributed by atoms with Gasteiger partial charge in [-0.3, -0.25) is 0 Å². The Kier molecular flexibility index (Phi) is 5.19. The maximum absolute atomic E-state index is 9.35. The highest BCUT2D eigenvalue weighted by Crippen LogP contribution is 2.36. The van der Waals surface area contributed by atoms with Gasteiger partial charge < -0.3 is 10.4 Å². The number of benzene rings is 2. The molecule has 0 saturated carbocycles. The first-order chi connectivity index (χ1) is 9.51. The Hall–Kier alpha value is -0.900. The first-order valence-electron chi connectivity index (χ1n) is 6.21. The quantitative estimate of drug-likeness (QED) is 0.685. The Bertz CT molecular complexity index is 578. The average Bonchev–Trinajstić information content (AvgIpc) is 2.39. The van der Waals surface area contributed by atoms with Crippen LogP contribution in [0.25, 0.3) is 0 Å². The molecule has 0 amide bonds. The van der Waals surface area contributed by atoms with Crippen LogP contribution in [0.4, 0.5) is 5.69 Å². The standard InChI is InChI=1S/C15H14BrCl2NO/c1-2-14(9-3-5-11(20)6-4-9)19-15-12(17)7-10(16)8-13(15)18/h3-8,14,19-20H,2H2,1H3. The molecule has 1 unspecified atom stereocenters. The van der Waals surface area contributed by atoms with Crippen molar-refractivity contribution in [2.24, 2.45) is 0 Å². The van der Waals surface area contributed by atoms with Gasteiger partial charge in [0, 0.05) is 4.47 Å². The third-order valence-electron chi connectivity index (χ3n) is 3.03. The number of phenols is 1. The van der Waals surface area contributed by atoms with Crippen molar-refractivity contribution in [3.05, 3.63) is 56.5 Å². The van der Waals surface area contributed by atoms with Gasteiger partial charge in [0.15, 0.2) is 0 Å². The predicted molar refractivity (Wildman–Crippen MR) is 88.9 cm³/mol. The molecule has 0 aliphatic rings. The number of anilines is 1. The second-order valence-electron chi connectivity index (χ2n) is 4.44. The molecule has 5 heteroatoms. The van der Waals surface area contributed by atoms with E-state index >= 15 is 0 Å². The molecule has 0 radical (unpaired) electrons. The minimum atomic E-state index is 0.0757. The third-order valence-corrected chi connectivity index (χ3v) is 4.08. The third kappa shape index (κ3) is 3.60. The molecule has 0 fully saturated rings. The van der Waals surface area contributed by atoms with E-state index < -0.39 is 0 Å². The number of aromatic hydroxyl groups is 1. The van der Waals surface area contributed by atoms with Crippen molar-refractivity contribution in [1.82, 2.24) is 0 Å². The molecule has 2 N–H and O–H groups in total. The van der Waals surface area contributed by atoms with Gasteiger partial charge in [0.05, 0.1) is 21.8 Å². The normalized spacial score (nSPS) is 12.2. The Morgan fingerprint density at radius 3 is 2.20 bits per heavy atom. The second kappa shape index (κ2) is 6.70. The molecule has 0 heterocycles. The minimum Gasteiger partial charge on any atom is -0.508 e. The molecule has 1 atom stereocenters. The van der Waals surface area contributed by atoms with Gasteiger partial charge in [-0.05, 0) is 36.2 Å². The average molecular weight is 375 g/mol. The second-order valence-corrected chi connectivity index (χ2v) is 6.17. The highest BCUT2D eigenvalue weighted by Gasteiger charge is 2.14. The number of nitrogens with one attached hydrogen (secondary N) is 1. The van der Waals surface area contributed by atoms with E-state index in [1.165, 1.54) is 0 Å². The molecule has 0 bridgehead atoms. The molecule has 0 spiro atoms. The van der Waals surface area contributed by atoms with E-state index in [4.69, 9.17) is 23.2 Å². The Morgan fingerprint density at radius 2 is 1.70 bits per heavy atom. The lowest BCUT2D eigenvalue weighted by atomic mass is 10.0. The molecule has 2 aromatic rings. The van der Waals surface area contributed by atoms with E-state index in [2.05, 4.69) is 28.2 Å². The van der Waals surface area contributed by atoms with Gasteiger partial charge >= 0.3 is 0 Å². The largest absolute Gasteiger partial charge is 0.508 e. The zero-order chi connectivity index (χ0) is 14.7. The molecule has 2 nitrogen and oxygen atoms in total. The molecule has 2 aromatic carbocycles. The summed E-state index contributed by atoms with van der Waals surface area (Å²) in [4.78, 5) is 0. The van der Waals surface area contributed by atoms with Crippen LogP contribution in [0, 0.1) is 0 Å². The summed E-state index contributed by atoms with van der Waals surface area (Å²) in [6.45, 7) is 2.07. The smallest absolute Gasteiger partial charge is 0.115 e. The molecule has 2 rings (SSSR count). The van der Waals surface area contributed by atoms with Gasteiger partial charge in [-0.25, -0.2) is 0 Å². The van der Waals surface area contributed by atoms with Crippen molar-refractivity contribution < 1.29 is 5.11 Å². The van der Waals surface area contributed by atoms with E-state index in [9.17, 15) is 5.11 Å². The van der Waals surface area contributed by atoms with Gasteiger partial charge in [-0.2, -0.15) is 0 Å². The van der Waals surface area contributed by atoms with E-state index in [0.29, 0.717) is 10.0 Å². The van der Waals surface area contributed by atoms with Crippen LogP contribution in [0.15, 0.2) is 40.9 Å². The van der Waals surface area contributed by atoms with E-state index in [0.717, 1.165) is 22.1 Å². The Morgan fingerprint density at radius 1 is 1.15 bits per heavy atom. The van der Waals surface area contributed by atoms with Crippen molar-refractivity contribution in [2.75, 3.05) is 5.32 Å². The summed E-state index contributed by atoms with van der Waals surface area (Å²) in [5, 5.41) is 13.9. The number of halogens is 3. The SMILES string of the molecule is CCC(Nc1c(Cl)cc(Br)cc1Cl)c1ccc(O)cc1. The van der Waals surface area contributed by atoms with Crippen LogP contribution in [0.5, 0.6) is 5.75 Å². The lowest BCUT2D eigenvalue weighted by Crippen LogP contribution is -2.10. The van der Waals surface area contributed by atoms with Crippen LogP contribution in [0.3, 0.4) is 0 Å². The molecular formula is C15H14BrCl2NO. The maximum Gasteiger partial charge on any atom is 0.115 e. The van der Waals surface area contributed by atoms with E-state index in [-0.39, 0.29) is 11.8 Å². The fourth-order valence-corrected chi connectivity index (χ4v) is 3.30. The molecule has 106 valence electrons. The Balaban J connectivity index is 2.29. The summed E-state index contributed by atoms with van der Waals surface area (Å²) in [7, 11) is 0. The van der Waals surface area contributed by atoms with Gasteiger partial charge in [0.25, 0.3) is 0 Å². The fraction of sp³-hybridized carbons (Fsp3) is 0.200. The molecule has 0 saturated heterocycles. The monoisotopic (exact) mass is 373 g/mol. The van der Waals surface area contributed by atoms with Crippen LogP contribution < -0.4 is 5.32 Å². The van der Waals surface area contributed by atoms with Crippen LogP contribution in [-0.4, -0.2) is 5.11 Å². The highest BCUT2D eigenvalue weighted by molar-refractivity contribution is 9.10. The first kappa shape index (κ1) is 15.5. The van der Waals surface area contributed by atoms with Crippen LogP contribution in [0.1, 0.15) is 24.9 Å². The zero-order valence-electron chi connectivity index (χ0n) is 10.8. The van der Waals surface area contributed by atoms with E-state index in [1.807, 2.05) is 12.1 Å².